The molecule has 2 aromatic heterocycles. The number of hydrogen-bond acceptors (Lipinski definition) is 4. The molecule has 6 nitrogen and oxygen atoms in total. The van der Waals surface area contributed by atoms with E-state index >= 15 is 0 Å². The number of ether oxygens (including phenoxy) is 1. The van der Waals surface area contributed by atoms with Gasteiger partial charge in [0.15, 0.2) is 0 Å². The number of nitrogens with one attached hydrogen (secondary N) is 1. The number of H-pyrrole nitrogens is 1. The maximum Gasteiger partial charge on any atom is 0.329 e. The van der Waals surface area contributed by atoms with Crippen LogP contribution >= 0.6 is 0 Å². The number of fused-ring (bicyclic) bond motifs is 2. The molecule has 0 saturated heterocycles. The molecule has 0 saturated carbocycles. The number of hydrogen-bond donors (Lipinski definition) is 1. The van der Waals surface area contributed by atoms with Crippen molar-refractivity contribution >= 4 is 27.8 Å². The van der Waals surface area contributed by atoms with Crippen molar-refractivity contribution in [3.63, 3.8) is 0 Å². The molecule has 0 unspecified atom stereocenters. The van der Waals surface area contributed by atoms with E-state index in [4.69, 9.17) is 9.72 Å². The number of esters is 1. The third-order valence-electron chi connectivity index (χ3n) is 5.35. The minimum absolute atomic E-state index is 0.235. The van der Waals surface area contributed by atoms with E-state index in [0.29, 0.717) is 23.1 Å². The van der Waals surface area contributed by atoms with Gasteiger partial charge in [-0.15, -0.1) is 0 Å². The highest BCUT2D eigenvalue weighted by Gasteiger charge is 2.32. The van der Waals surface area contributed by atoms with Crippen molar-refractivity contribution in [1.82, 2.24) is 14.5 Å². The number of aromatic amines is 1. The van der Waals surface area contributed by atoms with E-state index in [0.717, 1.165) is 16.5 Å². The summed E-state index contributed by atoms with van der Waals surface area (Å²) in [6, 6.07) is 14.3. The summed E-state index contributed by atoms with van der Waals surface area (Å²) >= 11 is 0. The Morgan fingerprint density at radius 3 is 2.47 bits per heavy atom. The molecule has 1 N–H and O–H groups in total. The predicted molar refractivity (Wildman–Crippen MR) is 118 cm³/mol. The fourth-order valence-corrected chi connectivity index (χ4v) is 3.89. The lowest BCUT2D eigenvalue weighted by molar-refractivity contribution is -0.144. The molecule has 4 aromatic rings. The SMILES string of the molecule is COC(=O)[C@H](Cc1c[nH]c2ccccc12)n1c(C(C)(C)C)nc2ccccc2c1=O. The number of methoxy groups -OCH3 is 1. The van der Waals surface area contributed by atoms with Gasteiger partial charge in [0.25, 0.3) is 5.56 Å². The largest absolute Gasteiger partial charge is 0.467 e. The first kappa shape index (κ1) is 19.9. The molecule has 0 radical (unpaired) electrons. The van der Waals surface area contributed by atoms with E-state index in [1.54, 1.807) is 12.1 Å². The van der Waals surface area contributed by atoms with Crippen molar-refractivity contribution in [2.75, 3.05) is 7.11 Å². The van der Waals surface area contributed by atoms with Crippen molar-refractivity contribution in [3.8, 4) is 0 Å². The number of aromatic nitrogens is 3. The number of benzene rings is 2. The van der Waals surface area contributed by atoms with Crippen LogP contribution in [-0.2, 0) is 21.4 Å². The third-order valence-corrected chi connectivity index (χ3v) is 5.35. The molecule has 0 aliphatic carbocycles. The van der Waals surface area contributed by atoms with Gasteiger partial charge in [-0.1, -0.05) is 51.1 Å². The minimum Gasteiger partial charge on any atom is -0.467 e. The van der Waals surface area contributed by atoms with Gasteiger partial charge in [0, 0.05) is 28.9 Å². The van der Waals surface area contributed by atoms with Gasteiger partial charge in [-0.05, 0) is 23.8 Å². The summed E-state index contributed by atoms with van der Waals surface area (Å²) < 4.78 is 6.65. The highest BCUT2D eigenvalue weighted by atomic mass is 16.5. The summed E-state index contributed by atoms with van der Waals surface area (Å²) in [6.45, 7) is 5.96. The summed E-state index contributed by atoms with van der Waals surface area (Å²) in [5, 5.41) is 1.50. The van der Waals surface area contributed by atoms with Crippen molar-refractivity contribution < 1.29 is 9.53 Å². The summed E-state index contributed by atoms with van der Waals surface area (Å²) in [5.74, 6) is 0.0893. The van der Waals surface area contributed by atoms with Crippen LogP contribution in [0.5, 0.6) is 0 Å². The summed E-state index contributed by atoms with van der Waals surface area (Å²) in [4.78, 5) is 34.5. The van der Waals surface area contributed by atoms with Gasteiger partial charge in [-0.2, -0.15) is 0 Å². The summed E-state index contributed by atoms with van der Waals surface area (Å²) in [5.41, 5.74) is 1.87. The van der Waals surface area contributed by atoms with E-state index < -0.39 is 17.4 Å². The maximum atomic E-state index is 13.6. The average molecular weight is 403 g/mol. The van der Waals surface area contributed by atoms with Crippen LogP contribution in [-0.4, -0.2) is 27.6 Å². The van der Waals surface area contributed by atoms with E-state index in [1.807, 2.05) is 63.4 Å². The highest BCUT2D eigenvalue weighted by molar-refractivity contribution is 5.84. The molecule has 2 heterocycles. The molecule has 1 atom stereocenters. The second-order valence-corrected chi connectivity index (χ2v) is 8.48. The average Bonchev–Trinajstić information content (AvgIpc) is 3.14. The second-order valence-electron chi connectivity index (χ2n) is 8.48. The zero-order chi connectivity index (χ0) is 21.5. The van der Waals surface area contributed by atoms with Crippen LogP contribution in [0, 0.1) is 0 Å². The van der Waals surface area contributed by atoms with Gasteiger partial charge in [0.1, 0.15) is 11.9 Å². The van der Waals surface area contributed by atoms with Crippen LogP contribution in [0.15, 0.2) is 59.5 Å². The lowest BCUT2D eigenvalue weighted by atomic mass is 9.93. The fraction of sp³-hybridized carbons (Fsp3) is 0.292. The summed E-state index contributed by atoms with van der Waals surface area (Å²) in [6.07, 6.45) is 2.20. The van der Waals surface area contributed by atoms with Crippen LogP contribution in [0.2, 0.25) is 0 Å². The van der Waals surface area contributed by atoms with Crippen LogP contribution in [0.1, 0.15) is 38.2 Å². The molecular weight excluding hydrogens is 378 g/mol. The number of para-hydroxylation sites is 2. The quantitative estimate of drug-likeness (QED) is 0.520. The number of nitrogens with zero attached hydrogens (tertiary/aromatic N) is 2. The van der Waals surface area contributed by atoms with Crippen molar-refractivity contribution in [2.24, 2.45) is 0 Å². The predicted octanol–water partition coefficient (Wildman–Crippen LogP) is 4.13. The Kier molecular flexibility index (Phi) is 4.94. The molecule has 0 aliphatic rings. The van der Waals surface area contributed by atoms with Crippen LogP contribution < -0.4 is 5.56 Å². The Morgan fingerprint density at radius 2 is 1.77 bits per heavy atom. The van der Waals surface area contributed by atoms with E-state index in [2.05, 4.69) is 4.98 Å². The number of carbonyl (C=O) groups is 1. The van der Waals surface area contributed by atoms with Crippen molar-refractivity contribution in [3.05, 3.63) is 76.5 Å². The Bertz CT molecular complexity index is 1290. The van der Waals surface area contributed by atoms with E-state index in [-0.39, 0.29) is 5.56 Å². The topological polar surface area (TPSA) is 77.0 Å². The standard InChI is InChI=1S/C24H25N3O3/c1-24(2,3)23-26-19-12-8-6-10-17(19)21(28)27(23)20(22(29)30-4)13-15-14-25-18-11-7-5-9-16(15)18/h5-12,14,20,25H,13H2,1-4H3/t20-/m0/s1. The monoisotopic (exact) mass is 403 g/mol. The number of rotatable bonds is 4. The van der Waals surface area contributed by atoms with Gasteiger partial charge in [0.2, 0.25) is 0 Å². The minimum atomic E-state index is -0.826. The van der Waals surface area contributed by atoms with Crippen LogP contribution in [0.3, 0.4) is 0 Å². The van der Waals surface area contributed by atoms with Gasteiger partial charge < -0.3 is 9.72 Å². The fourth-order valence-electron chi connectivity index (χ4n) is 3.89. The Morgan fingerprint density at radius 1 is 1.10 bits per heavy atom. The molecule has 154 valence electrons. The molecule has 0 spiro atoms. The number of carbonyl (C=O) groups excluding carboxylic acids is 1. The van der Waals surface area contributed by atoms with Gasteiger partial charge in [-0.25, -0.2) is 9.78 Å². The normalized spacial score (nSPS) is 12.9. The molecule has 0 aliphatic heterocycles. The van der Waals surface area contributed by atoms with Crippen molar-refractivity contribution in [2.45, 2.75) is 38.6 Å². The molecule has 0 bridgehead atoms. The molecule has 0 fully saturated rings. The lowest BCUT2D eigenvalue weighted by Gasteiger charge is -2.27. The molecule has 6 heteroatoms. The first-order valence-electron chi connectivity index (χ1n) is 9.96. The Hall–Kier alpha value is -3.41. The van der Waals surface area contributed by atoms with Gasteiger partial charge in [0.05, 0.1) is 18.0 Å². The molecule has 2 aromatic carbocycles. The summed E-state index contributed by atoms with van der Waals surface area (Å²) in [7, 11) is 1.35. The van der Waals surface area contributed by atoms with E-state index in [9.17, 15) is 9.59 Å². The van der Waals surface area contributed by atoms with Crippen LogP contribution in [0.25, 0.3) is 21.8 Å². The Balaban J connectivity index is 1.96. The molecule has 0 amide bonds. The second kappa shape index (κ2) is 7.44. The zero-order valence-corrected chi connectivity index (χ0v) is 17.6. The third kappa shape index (κ3) is 3.38. The van der Waals surface area contributed by atoms with Crippen LogP contribution in [0.4, 0.5) is 0 Å². The maximum absolute atomic E-state index is 13.6. The van der Waals surface area contributed by atoms with E-state index in [1.165, 1.54) is 11.7 Å². The zero-order valence-electron chi connectivity index (χ0n) is 17.6. The molecule has 4 rings (SSSR count). The smallest absolute Gasteiger partial charge is 0.329 e. The Labute approximate surface area is 174 Å². The van der Waals surface area contributed by atoms with Gasteiger partial charge in [-0.3, -0.25) is 9.36 Å². The highest BCUT2D eigenvalue weighted by Crippen LogP contribution is 2.28. The first-order chi connectivity index (χ1) is 14.3. The molecular formula is C24H25N3O3. The molecule has 30 heavy (non-hydrogen) atoms. The first-order valence-corrected chi connectivity index (χ1v) is 9.96. The van der Waals surface area contributed by atoms with Gasteiger partial charge >= 0.3 is 5.97 Å². The lowest BCUT2D eigenvalue weighted by Crippen LogP contribution is -2.38. The van der Waals surface area contributed by atoms with Crippen molar-refractivity contribution in [1.29, 1.82) is 0 Å².